The normalized spacial score (nSPS) is 12.1. The van der Waals surface area contributed by atoms with Gasteiger partial charge in [0.1, 0.15) is 0 Å². The first-order valence-corrected chi connectivity index (χ1v) is 10.8. The van der Waals surface area contributed by atoms with Gasteiger partial charge < -0.3 is 10.6 Å². The molecule has 0 heterocycles. The maximum Gasteiger partial charge on any atom is 0.256 e. The predicted molar refractivity (Wildman–Crippen MR) is 111 cm³/mol. The molecule has 150 valence electrons. The Morgan fingerprint density at radius 1 is 0.964 bits per heavy atom. The number of benzene rings is 2. The number of para-hydroxylation sites is 1. The van der Waals surface area contributed by atoms with Gasteiger partial charge in [-0.2, -0.15) is 0 Å². The van der Waals surface area contributed by atoms with Gasteiger partial charge in [-0.1, -0.05) is 25.1 Å². The van der Waals surface area contributed by atoms with E-state index in [9.17, 15) is 18.0 Å². The molecule has 2 aromatic rings. The number of sulfonamides is 1. The van der Waals surface area contributed by atoms with Crippen molar-refractivity contribution < 1.29 is 18.0 Å². The molecule has 2 amide bonds. The highest BCUT2D eigenvalue weighted by atomic mass is 32.2. The molecular formula is C20H25N3O4S. The zero-order valence-corrected chi connectivity index (χ0v) is 17.2. The van der Waals surface area contributed by atoms with Crippen LogP contribution in [-0.4, -0.2) is 32.5 Å². The standard InChI is InChI=1S/C20H25N3O4S/c1-5-13(2)21-20(25)16-9-6-7-11-18(16)22-19(24)15-10-8-12-17(14(15)3)23-28(4,26)27/h6-13,23H,5H2,1-4H3,(H,21,25)(H,22,24)/t13-/m1/s1. The van der Waals surface area contributed by atoms with Gasteiger partial charge in [-0.3, -0.25) is 14.3 Å². The Labute approximate surface area is 165 Å². The van der Waals surface area contributed by atoms with Gasteiger partial charge >= 0.3 is 0 Å². The van der Waals surface area contributed by atoms with E-state index in [0.29, 0.717) is 28.1 Å². The highest BCUT2D eigenvalue weighted by Gasteiger charge is 2.18. The molecule has 3 N–H and O–H groups in total. The molecule has 28 heavy (non-hydrogen) atoms. The average molecular weight is 404 g/mol. The van der Waals surface area contributed by atoms with Crippen LogP contribution < -0.4 is 15.4 Å². The lowest BCUT2D eigenvalue weighted by molar-refractivity contribution is 0.0940. The molecule has 1 atom stereocenters. The van der Waals surface area contributed by atoms with Crippen molar-refractivity contribution in [3.05, 3.63) is 59.2 Å². The number of anilines is 2. The van der Waals surface area contributed by atoms with E-state index >= 15 is 0 Å². The van der Waals surface area contributed by atoms with Crippen molar-refractivity contribution in [1.82, 2.24) is 5.32 Å². The van der Waals surface area contributed by atoms with Crippen LogP contribution in [0.2, 0.25) is 0 Å². The van der Waals surface area contributed by atoms with Crippen LogP contribution in [0.1, 0.15) is 46.5 Å². The van der Waals surface area contributed by atoms with Gasteiger partial charge in [-0.15, -0.1) is 0 Å². The summed E-state index contributed by atoms with van der Waals surface area (Å²) in [4.78, 5) is 25.3. The number of rotatable bonds is 7. The zero-order valence-electron chi connectivity index (χ0n) is 16.4. The van der Waals surface area contributed by atoms with E-state index in [-0.39, 0.29) is 11.9 Å². The van der Waals surface area contributed by atoms with E-state index < -0.39 is 15.9 Å². The van der Waals surface area contributed by atoms with E-state index in [1.165, 1.54) is 0 Å². The second-order valence-electron chi connectivity index (χ2n) is 6.63. The first-order chi connectivity index (χ1) is 13.1. The summed E-state index contributed by atoms with van der Waals surface area (Å²) in [5, 5.41) is 5.63. The molecule has 0 aliphatic heterocycles. The summed E-state index contributed by atoms with van der Waals surface area (Å²) in [5.41, 5.74) is 1.88. The zero-order chi connectivity index (χ0) is 20.9. The van der Waals surface area contributed by atoms with Crippen LogP contribution >= 0.6 is 0 Å². The maximum atomic E-state index is 12.8. The van der Waals surface area contributed by atoms with Gasteiger partial charge in [0.25, 0.3) is 11.8 Å². The number of carbonyl (C=O) groups is 2. The predicted octanol–water partition coefficient (Wildman–Crippen LogP) is 3.15. The van der Waals surface area contributed by atoms with Gasteiger partial charge in [0.2, 0.25) is 10.0 Å². The van der Waals surface area contributed by atoms with Gasteiger partial charge in [-0.25, -0.2) is 8.42 Å². The molecule has 0 aliphatic rings. The van der Waals surface area contributed by atoms with Crippen molar-refractivity contribution in [3.8, 4) is 0 Å². The maximum absolute atomic E-state index is 12.8. The number of nitrogens with one attached hydrogen (secondary N) is 3. The second-order valence-corrected chi connectivity index (χ2v) is 8.38. The lowest BCUT2D eigenvalue weighted by Crippen LogP contribution is -2.32. The molecule has 2 aromatic carbocycles. The summed E-state index contributed by atoms with van der Waals surface area (Å²) in [5.74, 6) is -0.701. The number of carbonyl (C=O) groups excluding carboxylic acids is 2. The van der Waals surface area contributed by atoms with Gasteiger partial charge in [0.05, 0.1) is 23.2 Å². The van der Waals surface area contributed by atoms with Crippen LogP contribution in [-0.2, 0) is 10.0 Å². The molecular weight excluding hydrogens is 378 g/mol. The third-order valence-electron chi connectivity index (χ3n) is 4.28. The molecule has 0 aliphatic carbocycles. The number of hydrogen-bond donors (Lipinski definition) is 3. The summed E-state index contributed by atoms with van der Waals surface area (Å²) < 4.78 is 25.4. The third-order valence-corrected chi connectivity index (χ3v) is 4.87. The van der Waals surface area contributed by atoms with Crippen LogP contribution in [0.25, 0.3) is 0 Å². The Morgan fingerprint density at radius 2 is 1.57 bits per heavy atom. The average Bonchev–Trinajstić information content (AvgIpc) is 2.62. The molecule has 2 rings (SSSR count). The molecule has 7 nitrogen and oxygen atoms in total. The van der Waals surface area contributed by atoms with Crippen molar-refractivity contribution >= 4 is 33.2 Å². The van der Waals surface area contributed by atoms with Crippen LogP contribution in [0.5, 0.6) is 0 Å². The SMILES string of the molecule is CC[C@@H](C)NC(=O)c1ccccc1NC(=O)c1cccc(NS(C)(=O)=O)c1C. The minimum absolute atomic E-state index is 0.0113. The van der Waals surface area contributed by atoms with Gasteiger partial charge in [0, 0.05) is 11.6 Å². The van der Waals surface area contributed by atoms with E-state index in [1.807, 2.05) is 13.8 Å². The van der Waals surface area contributed by atoms with Gasteiger partial charge in [-0.05, 0) is 50.1 Å². The molecule has 0 saturated heterocycles. The van der Waals surface area contributed by atoms with E-state index in [2.05, 4.69) is 15.4 Å². The van der Waals surface area contributed by atoms with Gasteiger partial charge in [0.15, 0.2) is 0 Å². The highest BCUT2D eigenvalue weighted by molar-refractivity contribution is 7.92. The minimum Gasteiger partial charge on any atom is -0.350 e. The molecule has 0 spiro atoms. The summed E-state index contributed by atoms with van der Waals surface area (Å²) in [6.45, 7) is 5.53. The minimum atomic E-state index is -3.47. The van der Waals surface area contributed by atoms with Crippen molar-refractivity contribution in [2.24, 2.45) is 0 Å². The number of hydrogen-bond acceptors (Lipinski definition) is 4. The van der Waals surface area contributed by atoms with Crippen molar-refractivity contribution in [1.29, 1.82) is 0 Å². The second kappa shape index (κ2) is 8.88. The summed E-state index contributed by atoms with van der Waals surface area (Å²) in [7, 11) is -3.47. The summed E-state index contributed by atoms with van der Waals surface area (Å²) in [6, 6.07) is 11.5. The van der Waals surface area contributed by atoms with E-state index in [4.69, 9.17) is 0 Å². The van der Waals surface area contributed by atoms with Crippen molar-refractivity contribution in [3.63, 3.8) is 0 Å². The van der Waals surface area contributed by atoms with E-state index in [1.54, 1.807) is 49.4 Å². The smallest absolute Gasteiger partial charge is 0.256 e. The lowest BCUT2D eigenvalue weighted by atomic mass is 10.1. The van der Waals surface area contributed by atoms with Crippen LogP contribution in [0.4, 0.5) is 11.4 Å². The molecule has 8 heteroatoms. The first-order valence-electron chi connectivity index (χ1n) is 8.91. The molecule has 0 unspecified atom stereocenters. The number of amides is 2. The highest BCUT2D eigenvalue weighted by Crippen LogP contribution is 2.22. The lowest BCUT2D eigenvalue weighted by Gasteiger charge is -2.16. The largest absolute Gasteiger partial charge is 0.350 e. The third kappa shape index (κ3) is 5.56. The molecule has 0 fully saturated rings. The van der Waals surface area contributed by atoms with Crippen LogP contribution in [0.15, 0.2) is 42.5 Å². The fourth-order valence-corrected chi connectivity index (χ4v) is 3.20. The molecule has 0 saturated carbocycles. The van der Waals surface area contributed by atoms with Crippen molar-refractivity contribution in [2.75, 3.05) is 16.3 Å². The van der Waals surface area contributed by atoms with E-state index in [0.717, 1.165) is 12.7 Å². The monoisotopic (exact) mass is 403 g/mol. The van der Waals surface area contributed by atoms with Crippen LogP contribution in [0.3, 0.4) is 0 Å². The quantitative estimate of drug-likeness (QED) is 0.660. The molecule has 0 bridgehead atoms. The molecule has 0 aromatic heterocycles. The topological polar surface area (TPSA) is 104 Å². The Bertz CT molecular complexity index is 987. The Morgan fingerprint density at radius 3 is 2.21 bits per heavy atom. The van der Waals surface area contributed by atoms with Crippen molar-refractivity contribution in [2.45, 2.75) is 33.2 Å². The molecule has 0 radical (unpaired) electrons. The Balaban J connectivity index is 2.29. The Kier molecular flexibility index (Phi) is 6.80. The van der Waals surface area contributed by atoms with Crippen LogP contribution in [0, 0.1) is 6.92 Å². The fourth-order valence-electron chi connectivity index (χ4n) is 2.58. The first kappa shape index (κ1) is 21.4. The Hall–Kier alpha value is -2.87. The summed E-state index contributed by atoms with van der Waals surface area (Å²) in [6.07, 6.45) is 1.84. The summed E-state index contributed by atoms with van der Waals surface area (Å²) >= 11 is 0. The fraction of sp³-hybridized carbons (Fsp3) is 0.300.